The molecule has 0 radical (unpaired) electrons. The van der Waals surface area contributed by atoms with E-state index in [1.807, 2.05) is 13.0 Å². The summed E-state index contributed by atoms with van der Waals surface area (Å²) in [7, 11) is 0. The van der Waals surface area contributed by atoms with Gasteiger partial charge in [0.25, 0.3) is 5.91 Å². The molecule has 1 unspecified atom stereocenters. The average Bonchev–Trinajstić information content (AvgIpc) is 2.47. The molecule has 19 heavy (non-hydrogen) atoms. The summed E-state index contributed by atoms with van der Waals surface area (Å²) in [4.78, 5) is 18.1. The fraction of sp³-hybridized carbons (Fsp3) is 0.538. The van der Waals surface area contributed by atoms with Crippen LogP contribution in [-0.4, -0.2) is 49.8 Å². The molecule has 104 valence electrons. The molecule has 0 aromatic carbocycles. The third kappa shape index (κ3) is 3.21. The van der Waals surface area contributed by atoms with Crippen LogP contribution in [0.5, 0.6) is 0 Å². The summed E-state index contributed by atoms with van der Waals surface area (Å²) in [6, 6.07) is 3.86. The van der Waals surface area contributed by atoms with Crippen molar-refractivity contribution in [1.82, 2.24) is 10.3 Å². The Hall–Kier alpha value is -1.66. The number of pyridine rings is 1. The SMILES string of the molecule is CCNC(=O)c1cc(N2CCOCC2CN)ccn1. The van der Waals surface area contributed by atoms with Crippen molar-refractivity contribution in [1.29, 1.82) is 0 Å². The molecule has 6 nitrogen and oxygen atoms in total. The molecule has 1 aromatic rings. The summed E-state index contributed by atoms with van der Waals surface area (Å²) >= 11 is 0. The van der Waals surface area contributed by atoms with Gasteiger partial charge in [-0.2, -0.15) is 0 Å². The summed E-state index contributed by atoms with van der Waals surface area (Å²) in [6.45, 7) is 5.08. The summed E-state index contributed by atoms with van der Waals surface area (Å²) in [6.07, 6.45) is 1.66. The number of hydrogen-bond acceptors (Lipinski definition) is 5. The molecule has 1 aromatic heterocycles. The van der Waals surface area contributed by atoms with Gasteiger partial charge in [0.05, 0.1) is 19.3 Å². The first kappa shape index (κ1) is 13.8. The lowest BCUT2D eigenvalue weighted by atomic mass is 10.2. The van der Waals surface area contributed by atoms with Crippen LogP contribution in [0.4, 0.5) is 5.69 Å². The van der Waals surface area contributed by atoms with Crippen LogP contribution in [0.25, 0.3) is 0 Å². The smallest absolute Gasteiger partial charge is 0.269 e. The van der Waals surface area contributed by atoms with E-state index in [2.05, 4.69) is 15.2 Å². The van der Waals surface area contributed by atoms with Crippen molar-refractivity contribution in [3.63, 3.8) is 0 Å². The number of nitrogens with two attached hydrogens (primary N) is 1. The molecule has 1 saturated heterocycles. The second kappa shape index (κ2) is 6.49. The highest BCUT2D eigenvalue weighted by Gasteiger charge is 2.22. The van der Waals surface area contributed by atoms with E-state index in [0.717, 1.165) is 12.2 Å². The molecule has 1 amide bonds. The van der Waals surface area contributed by atoms with Crippen LogP contribution in [-0.2, 0) is 4.74 Å². The Balaban J connectivity index is 2.19. The number of aromatic nitrogens is 1. The highest BCUT2D eigenvalue weighted by atomic mass is 16.5. The molecule has 2 rings (SSSR count). The molecular formula is C13H20N4O2. The predicted molar refractivity (Wildman–Crippen MR) is 73.3 cm³/mol. The summed E-state index contributed by atoms with van der Waals surface area (Å²) < 4.78 is 5.42. The number of anilines is 1. The first-order valence-electron chi connectivity index (χ1n) is 6.55. The van der Waals surface area contributed by atoms with E-state index in [4.69, 9.17) is 10.5 Å². The van der Waals surface area contributed by atoms with Gasteiger partial charge in [-0.1, -0.05) is 0 Å². The Labute approximate surface area is 112 Å². The van der Waals surface area contributed by atoms with Crippen molar-refractivity contribution in [3.05, 3.63) is 24.0 Å². The molecule has 0 spiro atoms. The van der Waals surface area contributed by atoms with Crippen LogP contribution in [0.15, 0.2) is 18.3 Å². The van der Waals surface area contributed by atoms with Gasteiger partial charge in [-0.05, 0) is 19.1 Å². The highest BCUT2D eigenvalue weighted by Crippen LogP contribution is 2.19. The van der Waals surface area contributed by atoms with E-state index < -0.39 is 0 Å². The van der Waals surface area contributed by atoms with Crippen molar-refractivity contribution in [2.45, 2.75) is 13.0 Å². The second-order valence-corrected chi connectivity index (χ2v) is 4.42. The number of rotatable bonds is 4. The summed E-state index contributed by atoms with van der Waals surface area (Å²) in [5, 5.41) is 2.75. The number of morpholine rings is 1. The van der Waals surface area contributed by atoms with E-state index in [-0.39, 0.29) is 11.9 Å². The van der Waals surface area contributed by atoms with E-state index in [9.17, 15) is 4.79 Å². The Morgan fingerprint density at radius 3 is 3.26 bits per heavy atom. The molecular weight excluding hydrogens is 244 g/mol. The minimum Gasteiger partial charge on any atom is -0.377 e. The van der Waals surface area contributed by atoms with Crippen LogP contribution in [0.1, 0.15) is 17.4 Å². The zero-order chi connectivity index (χ0) is 13.7. The molecule has 3 N–H and O–H groups in total. The fourth-order valence-corrected chi connectivity index (χ4v) is 2.16. The van der Waals surface area contributed by atoms with E-state index in [1.54, 1.807) is 12.3 Å². The van der Waals surface area contributed by atoms with Gasteiger partial charge in [-0.25, -0.2) is 0 Å². The van der Waals surface area contributed by atoms with Gasteiger partial charge in [0.2, 0.25) is 0 Å². The number of hydrogen-bond donors (Lipinski definition) is 2. The van der Waals surface area contributed by atoms with Gasteiger partial charge in [-0.3, -0.25) is 9.78 Å². The summed E-state index contributed by atoms with van der Waals surface area (Å²) in [5.41, 5.74) is 7.16. The van der Waals surface area contributed by atoms with Crippen molar-refractivity contribution < 1.29 is 9.53 Å². The lowest BCUT2D eigenvalue weighted by Crippen LogP contribution is -2.49. The highest BCUT2D eigenvalue weighted by molar-refractivity contribution is 5.93. The first-order chi connectivity index (χ1) is 9.26. The van der Waals surface area contributed by atoms with E-state index in [1.165, 1.54) is 0 Å². The van der Waals surface area contributed by atoms with Gasteiger partial charge >= 0.3 is 0 Å². The number of nitrogens with one attached hydrogen (secondary N) is 1. The maximum absolute atomic E-state index is 11.8. The molecule has 6 heteroatoms. The quantitative estimate of drug-likeness (QED) is 0.800. The molecule has 0 aliphatic carbocycles. The molecule has 1 aliphatic heterocycles. The number of ether oxygens (including phenoxy) is 1. The third-order valence-corrected chi connectivity index (χ3v) is 3.14. The fourth-order valence-electron chi connectivity index (χ4n) is 2.16. The summed E-state index contributed by atoms with van der Waals surface area (Å²) in [5.74, 6) is -0.151. The standard InChI is InChI=1S/C13H20N4O2/c1-2-15-13(18)12-7-10(3-4-16-12)17-5-6-19-9-11(17)8-14/h3-4,7,11H,2,5-6,8-9,14H2,1H3,(H,15,18). The largest absolute Gasteiger partial charge is 0.377 e. The van der Waals surface area contributed by atoms with E-state index in [0.29, 0.717) is 32.0 Å². The molecule has 0 bridgehead atoms. The Morgan fingerprint density at radius 2 is 2.53 bits per heavy atom. The minimum atomic E-state index is -0.151. The van der Waals surface area contributed by atoms with Crippen LogP contribution in [0.3, 0.4) is 0 Å². The second-order valence-electron chi connectivity index (χ2n) is 4.42. The van der Waals surface area contributed by atoms with Crippen LogP contribution in [0.2, 0.25) is 0 Å². The van der Waals surface area contributed by atoms with Gasteiger partial charge < -0.3 is 20.7 Å². The first-order valence-corrected chi connectivity index (χ1v) is 6.55. The normalized spacial score (nSPS) is 19.3. The van der Waals surface area contributed by atoms with E-state index >= 15 is 0 Å². The Bertz CT molecular complexity index is 438. The molecule has 0 saturated carbocycles. The maximum atomic E-state index is 11.8. The maximum Gasteiger partial charge on any atom is 0.269 e. The zero-order valence-electron chi connectivity index (χ0n) is 11.1. The lowest BCUT2D eigenvalue weighted by molar-refractivity contribution is 0.0949. The minimum absolute atomic E-state index is 0.151. The topological polar surface area (TPSA) is 80.5 Å². The van der Waals surface area contributed by atoms with Crippen molar-refractivity contribution >= 4 is 11.6 Å². The monoisotopic (exact) mass is 264 g/mol. The number of carbonyl (C=O) groups is 1. The molecule has 1 fully saturated rings. The molecule has 1 atom stereocenters. The Kier molecular flexibility index (Phi) is 4.70. The van der Waals surface area contributed by atoms with Crippen LogP contribution in [0, 0.1) is 0 Å². The van der Waals surface area contributed by atoms with Crippen LogP contribution >= 0.6 is 0 Å². The van der Waals surface area contributed by atoms with Crippen molar-refractivity contribution in [3.8, 4) is 0 Å². The molecule has 2 heterocycles. The predicted octanol–water partition coefficient (Wildman–Crippen LogP) is -0.00480. The Morgan fingerprint density at radius 1 is 1.68 bits per heavy atom. The van der Waals surface area contributed by atoms with Crippen molar-refractivity contribution in [2.75, 3.05) is 37.7 Å². The average molecular weight is 264 g/mol. The van der Waals surface area contributed by atoms with Gasteiger partial charge in [0, 0.05) is 31.5 Å². The number of nitrogens with zero attached hydrogens (tertiary/aromatic N) is 2. The zero-order valence-corrected chi connectivity index (χ0v) is 11.1. The van der Waals surface area contributed by atoms with Gasteiger partial charge in [-0.15, -0.1) is 0 Å². The van der Waals surface area contributed by atoms with Crippen molar-refractivity contribution in [2.24, 2.45) is 5.73 Å². The number of amides is 1. The van der Waals surface area contributed by atoms with Gasteiger partial charge in [0.1, 0.15) is 5.69 Å². The third-order valence-electron chi connectivity index (χ3n) is 3.14. The number of carbonyl (C=O) groups excluding carboxylic acids is 1. The molecule has 1 aliphatic rings. The van der Waals surface area contributed by atoms with Gasteiger partial charge in [0.15, 0.2) is 0 Å². The lowest BCUT2D eigenvalue weighted by Gasteiger charge is -2.36. The van der Waals surface area contributed by atoms with Crippen LogP contribution < -0.4 is 16.0 Å².